The van der Waals surface area contributed by atoms with Gasteiger partial charge in [0.15, 0.2) is 0 Å². The smallest absolute Gasteiger partial charge is 0.118 e. The van der Waals surface area contributed by atoms with Gasteiger partial charge in [0.2, 0.25) is 0 Å². The first kappa shape index (κ1) is 28.6. The zero-order chi connectivity index (χ0) is 30.3. The predicted molar refractivity (Wildman–Crippen MR) is 187 cm³/mol. The van der Waals surface area contributed by atoms with Gasteiger partial charge in [0, 0.05) is 16.8 Å². The average Bonchev–Trinajstić information content (AvgIpc) is 3.08. The van der Waals surface area contributed by atoms with E-state index in [1.807, 2.05) is 24.3 Å². The molecule has 44 heavy (non-hydrogen) atoms. The molecule has 0 aliphatic heterocycles. The van der Waals surface area contributed by atoms with Crippen LogP contribution in [-0.2, 0) is 0 Å². The number of ether oxygens (including phenoxy) is 2. The molecule has 6 rings (SSSR count). The van der Waals surface area contributed by atoms with Gasteiger partial charge in [-0.05, 0) is 89.2 Å². The third-order valence-electron chi connectivity index (χ3n) is 7.77. The van der Waals surface area contributed by atoms with Crippen LogP contribution in [0.25, 0.3) is 35.1 Å². The molecule has 0 unspecified atom stereocenters. The Bertz CT molecular complexity index is 1900. The van der Waals surface area contributed by atoms with Gasteiger partial charge in [0.05, 0.1) is 19.9 Å². The van der Waals surface area contributed by atoms with E-state index >= 15 is 0 Å². The van der Waals surface area contributed by atoms with Gasteiger partial charge in [-0.15, -0.1) is 0 Å². The lowest BCUT2D eigenvalue weighted by atomic mass is 10.00. The molecule has 0 heterocycles. The Morgan fingerprint density at radius 3 is 1.43 bits per heavy atom. The molecule has 6 aromatic rings. The van der Waals surface area contributed by atoms with Gasteiger partial charge in [-0.25, -0.2) is 0 Å². The van der Waals surface area contributed by atoms with E-state index in [0.29, 0.717) is 0 Å². The third kappa shape index (κ3) is 6.43. The Morgan fingerprint density at radius 2 is 0.909 bits per heavy atom. The van der Waals surface area contributed by atoms with Gasteiger partial charge in [-0.1, -0.05) is 109 Å². The molecule has 0 radical (unpaired) electrons. The number of fused-ring (bicyclic) bond motifs is 1. The normalized spacial score (nSPS) is 11.3. The average molecular weight is 574 g/mol. The molecular formula is C41H35NO2. The van der Waals surface area contributed by atoms with E-state index in [4.69, 9.17) is 9.47 Å². The number of hydrogen-bond acceptors (Lipinski definition) is 3. The summed E-state index contributed by atoms with van der Waals surface area (Å²) < 4.78 is 10.6. The van der Waals surface area contributed by atoms with Crippen LogP contribution in [0.2, 0.25) is 0 Å². The van der Waals surface area contributed by atoms with Gasteiger partial charge in [-0.2, -0.15) is 0 Å². The molecule has 216 valence electrons. The highest BCUT2D eigenvalue weighted by atomic mass is 16.5. The minimum atomic E-state index is 0.856. The lowest BCUT2D eigenvalue weighted by Crippen LogP contribution is -2.10. The number of benzene rings is 6. The number of nitrogens with zero attached hydrogens (tertiary/aromatic N) is 1. The van der Waals surface area contributed by atoms with Crippen LogP contribution in [0.4, 0.5) is 17.1 Å². The van der Waals surface area contributed by atoms with Crippen LogP contribution in [0, 0.1) is 6.92 Å². The van der Waals surface area contributed by atoms with Crippen molar-refractivity contribution < 1.29 is 9.47 Å². The predicted octanol–water partition coefficient (Wildman–Crippen LogP) is 11.0. The topological polar surface area (TPSA) is 21.7 Å². The summed E-state index contributed by atoms with van der Waals surface area (Å²) in [4.78, 5) is 2.34. The number of anilines is 3. The summed E-state index contributed by atoms with van der Waals surface area (Å²) in [5.41, 5.74) is 9.14. The zero-order valence-electron chi connectivity index (χ0n) is 25.3. The highest BCUT2D eigenvalue weighted by Gasteiger charge is 2.16. The second kappa shape index (κ2) is 13.2. The van der Waals surface area contributed by atoms with Crippen molar-refractivity contribution in [3.8, 4) is 11.5 Å². The van der Waals surface area contributed by atoms with Crippen molar-refractivity contribution in [1.82, 2.24) is 0 Å². The van der Waals surface area contributed by atoms with Gasteiger partial charge >= 0.3 is 0 Å². The van der Waals surface area contributed by atoms with Crippen molar-refractivity contribution >= 4 is 52.1 Å². The Labute approximate surface area is 260 Å². The van der Waals surface area contributed by atoms with Gasteiger partial charge < -0.3 is 14.4 Å². The molecule has 0 saturated carbocycles. The van der Waals surface area contributed by atoms with Crippen molar-refractivity contribution in [2.75, 3.05) is 19.1 Å². The monoisotopic (exact) mass is 573 g/mol. The van der Waals surface area contributed by atoms with E-state index in [0.717, 1.165) is 45.3 Å². The number of aryl methyl sites for hydroxylation is 1. The molecule has 0 fully saturated rings. The van der Waals surface area contributed by atoms with Crippen molar-refractivity contribution in [1.29, 1.82) is 0 Å². The molecule has 0 atom stereocenters. The highest BCUT2D eigenvalue weighted by molar-refractivity contribution is 6.03. The summed E-state index contributed by atoms with van der Waals surface area (Å²) in [5, 5.41) is 2.39. The minimum absolute atomic E-state index is 0.856. The molecule has 0 aromatic heterocycles. The van der Waals surface area contributed by atoms with Gasteiger partial charge in [0.1, 0.15) is 11.5 Å². The van der Waals surface area contributed by atoms with E-state index in [-0.39, 0.29) is 0 Å². The van der Waals surface area contributed by atoms with Crippen LogP contribution in [0.1, 0.15) is 27.8 Å². The Hall–Kier alpha value is -5.54. The number of rotatable bonds is 9. The second-order valence-electron chi connectivity index (χ2n) is 10.7. The molecule has 0 amide bonds. The highest BCUT2D eigenvalue weighted by Crippen LogP contribution is 2.40. The Balaban J connectivity index is 1.36. The van der Waals surface area contributed by atoms with Crippen molar-refractivity contribution in [3.05, 3.63) is 161 Å². The van der Waals surface area contributed by atoms with E-state index in [1.165, 1.54) is 21.9 Å². The van der Waals surface area contributed by atoms with Crippen molar-refractivity contribution in [2.45, 2.75) is 6.92 Å². The summed E-state index contributed by atoms with van der Waals surface area (Å²) in [6.07, 6.45) is 8.60. The maximum atomic E-state index is 5.31. The molecule has 0 saturated heterocycles. The van der Waals surface area contributed by atoms with E-state index < -0.39 is 0 Å². The van der Waals surface area contributed by atoms with Gasteiger partial charge in [-0.3, -0.25) is 0 Å². The van der Waals surface area contributed by atoms with Crippen molar-refractivity contribution in [2.24, 2.45) is 0 Å². The van der Waals surface area contributed by atoms with Crippen LogP contribution in [0.5, 0.6) is 11.5 Å². The maximum Gasteiger partial charge on any atom is 0.118 e. The lowest BCUT2D eigenvalue weighted by molar-refractivity contribution is 0.414. The molecule has 0 N–H and O–H groups in total. The fraction of sp³-hybridized carbons (Fsp3) is 0.0732. The van der Waals surface area contributed by atoms with Crippen LogP contribution in [0.15, 0.2) is 133 Å². The van der Waals surface area contributed by atoms with Gasteiger partial charge in [0.25, 0.3) is 0 Å². The zero-order valence-corrected chi connectivity index (χ0v) is 25.3. The fourth-order valence-electron chi connectivity index (χ4n) is 5.31. The van der Waals surface area contributed by atoms with Crippen LogP contribution < -0.4 is 14.4 Å². The number of methoxy groups -OCH3 is 2. The summed E-state index contributed by atoms with van der Waals surface area (Å²) in [7, 11) is 3.37. The summed E-state index contributed by atoms with van der Waals surface area (Å²) in [6.45, 7) is 2.12. The molecule has 3 nitrogen and oxygen atoms in total. The molecule has 0 aliphatic carbocycles. The van der Waals surface area contributed by atoms with Crippen LogP contribution in [-0.4, -0.2) is 14.2 Å². The lowest BCUT2D eigenvalue weighted by Gasteiger charge is -2.27. The molecule has 3 heteroatoms. The SMILES string of the molecule is COc1ccc(C=Cc2ccc(N(c3ccc(C)cc3)c3ccc(C=Cc4ccc(OC)cc4)c4ccccc34)cc2)cc1. The molecule has 0 bridgehead atoms. The van der Waals surface area contributed by atoms with Crippen molar-refractivity contribution in [3.63, 3.8) is 0 Å². The maximum absolute atomic E-state index is 5.31. The summed E-state index contributed by atoms with van der Waals surface area (Å²) >= 11 is 0. The van der Waals surface area contributed by atoms with E-state index in [1.54, 1.807) is 14.2 Å². The minimum Gasteiger partial charge on any atom is -0.497 e. The first-order chi connectivity index (χ1) is 21.6. The van der Waals surface area contributed by atoms with E-state index in [2.05, 4.69) is 145 Å². The fourth-order valence-corrected chi connectivity index (χ4v) is 5.31. The largest absolute Gasteiger partial charge is 0.497 e. The molecule has 6 aromatic carbocycles. The summed E-state index contributed by atoms with van der Waals surface area (Å²) in [5.74, 6) is 1.71. The van der Waals surface area contributed by atoms with E-state index in [9.17, 15) is 0 Å². The molecular weight excluding hydrogens is 538 g/mol. The van der Waals surface area contributed by atoms with Crippen LogP contribution >= 0.6 is 0 Å². The first-order valence-corrected chi connectivity index (χ1v) is 14.7. The number of hydrogen-bond donors (Lipinski definition) is 0. The standard InChI is InChI=1S/C41H35NO2/c1-30-8-21-35(22-9-30)42(36-23-13-31(14-24-36)10-11-32-15-25-37(43-2)26-16-32)41-29-20-34(39-6-4-5-7-40(39)41)19-12-33-17-27-38(44-3)28-18-33/h4-29H,1-3H3. The summed E-state index contributed by atoms with van der Waals surface area (Å²) in [6, 6.07) is 46.7. The molecule has 0 aliphatic rings. The van der Waals surface area contributed by atoms with Crippen LogP contribution in [0.3, 0.4) is 0 Å². The Morgan fingerprint density at radius 1 is 0.455 bits per heavy atom. The second-order valence-corrected chi connectivity index (χ2v) is 10.7. The first-order valence-electron chi connectivity index (χ1n) is 14.7. The molecule has 0 spiro atoms. The quantitative estimate of drug-likeness (QED) is 0.161. The third-order valence-corrected chi connectivity index (χ3v) is 7.77. The Kier molecular flexibility index (Phi) is 8.56.